The predicted octanol–water partition coefficient (Wildman–Crippen LogP) is 2.83. The molecule has 0 fully saturated rings. The first-order valence-corrected chi connectivity index (χ1v) is 6.55. The first-order chi connectivity index (χ1) is 9.16. The van der Waals surface area contributed by atoms with Gasteiger partial charge in [0.05, 0.1) is 5.69 Å². The van der Waals surface area contributed by atoms with Gasteiger partial charge in [-0.25, -0.2) is 9.78 Å². The van der Waals surface area contributed by atoms with Gasteiger partial charge < -0.3 is 9.67 Å². The third-order valence-corrected chi connectivity index (χ3v) is 3.68. The van der Waals surface area contributed by atoms with Crippen LogP contribution >= 0.6 is 0 Å². The Morgan fingerprint density at radius 1 is 1.37 bits per heavy atom. The zero-order chi connectivity index (χ0) is 13.4. The highest BCUT2D eigenvalue weighted by atomic mass is 16.4. The van der Waals surface area contributed by atoms with Gasteiger partial charge in [-0.05, 0) is 18.8 Å². The van der Waals surface area contributed by atoms with Crippen LogP contribution < -0.4 is 0 Å². The molecule has 98 valence electrons. The molecule has 4 heteroatoms. The van der Waals surface area contributed by atoms with Crippen LogP contribution in [0.5, 0.6) is 0 Å². The van der Waals surface area contributed by atoms with Crippen molar-refractivity contribution in [2.45, 2.75) is 26.3 Å². The molecule has 1 unspecified atom stereocenters. The molecule has 0 aliphatic carbocycles. The Balaban J connectivity index is 2.17. The molecule has 0 amide bonds. The third kappa shape index (κ3) is 2.03. The highest BCUT2D eigenvalue weighted by molar-refractivity contribution is 5.88. The van der Waals surface area contributed by atoms with Gasteiger partial charge in [0.2, 0.25) is 0 Å². The number of hydrogen-bond acceptors (Lipinski definition) is 2. The number of aromatic carboxylic acids is 1. The summed E-state index contributed by atoms with van der Waals surface area (Å²) in [7, 11) is 0. The van der Waals surface area contributed by atoms with E-state index < -0.39 is 5.97 Å². The lowest BCUT2D eigenvalue weighted by molar-refractivity contribution is 0.0689. The van der Waals surface area contributed by atoms with Crippen LogP contribution in [0.15, 0.2) is 30.3 Å². The van der Waals surface area contributed by atoms with E-state index in [1.807, 2.05) is 30.3 Å². The summed E-state index contributed by atoms with van der Waals surface area (Å²) in [4.78, 5) is 15.7. The van der Waals surface area contributed by atoms with Gasteiger partial charge in [-0.2, -0.15) is 0 Å². The zero-order valence-electron chi connectivity index (χ0n) is 10.8. The number of aromatic nitrogens is 2. The number of hydrogen-bond donors (Lipinski definition) is 1. The van der Waals surface area contributed by atoms with Crippen molar-refractivity contribution in [1.29, 1.82) is 0 Å². The van der Waals surface area contributed by atoms with Gasteiger partial charge in [-0.3, -0.25) is 0 Å². The van der Waals surface area contributed by atoms with Crippen LogP contribution in [0.25, 0.3) is 11.4 Å². The molecule has 4 nitrogen and oxygen atoms in total. The topological polar surface area (TPSA) is 55.1 Å². The fourth-order valence-corrected chi connectivity index (χ4v) is 2.70. The maximum Gasteiger partial charge on any atom is 0.356 e. The Labute approximate surface area is 111 Å². The van der Waals surface area contributed by atoms with E-state index in [4.69, 9.17) is 0 Å². The molecule has 1 aliphatic rings. The van der Waals surface area contributed by atoms with Crippen molar-refractivity contribution in [2.75, 3.05) is 0 Å². The molecule has 1 aromatic carbocycles. The first-order valence-electron chi connectivity index (χ1n) is 6.55. The Hall–Kier alpha value is -2.10. The molecule has 0 saturated heterocycles. The Kier molecular flexibility index (Phi) is 2.85. The summed E-state index contributed by atoms with van der Waals surface area (Å²) in [5.74, 6) is 0.408. The maximum absolute atomic E-state index is 11.3. The van der Waals surface area contributed by atoms with Crippen molar-refractivity contribution in [2.24, 2.45) is 5.92 Å². The highest BCUT2D eigenvalue weighted by Gasteiger charge is 2.26. The summed E-state index contributed by atoms with van der Waals surface area (Å²) in [6.45, 7) is 3.04. The molecular formula is C15H16N2O2. The normalized spacial score (nSPS) is 18.1. The van der Waals surface area contributed by atoms with Gasteiger partial charge in [0.25, 0.3) is 0 Å². The van der Waals surface area contributed by atoms with Gasteiger partial charge >= 0.3 is 5.97 Å². The second-order valence-corrected chi connectivity index (χ2v) is 5.16. The van der Waals surface area contributed by atoms with Gasteiger partial charge in [0, 0.05) is 12.1 Å². The Morgan fingerprint density at radius 3 is 2.79 bits per heavy atom. The van der Waals surface area contributed by atoms with Crippen LogP contribution in [-0.4, -0.2) is 20.6 Å². The quantitative estimate of drug-likeness (QED) is 0.898. The number of nitrogens with zero attached hydrogens (tertiary/aromatic N) is 2. The molecule has 0 bridgehead atoms. The largest absolute Gasteiger partial charge is 0.476 e. The van der Waals surface area contributed by atoms with Gasteiger partial charge in [0.15, 0.2) is 5.69 Å². The fourth-order valence-electron chi connectivity index (χ4n) is 2.70. The predicted molar refractivity (Wildman–Crippen MR) is 72.1 cm³/mol. The minimum absolute atomic E-state index is 0.214. The standard InChI is InChI=1S/C15H16N2O2/c1-10-7-8-12-13(15(18)19)16-14(17(12)9-10)11-5-3-2-4-6-11/h2-6,10H,7-9H2,1H3,(H,18,19). The van der Waals surface area contributed by atoms with Gasteiger partial charge in [-0.1, -0.05) is 37.3 Å². The Bertz CT molecular complexity index is 617. The summed E-state index contributed by atoms with van der Waals surface area (Å²) in [5.41, 5.74) is 2.06. The lowest BCUT2D eigenvalue weighted by Gasteiger charge is -2.22. The molecule has 2 aromatic rings. The smallest absolute Gasteiger partial charge is 0.356 e. The first kappa shape index (κ1) is 12.0. The zero-order valence-corrected chi connectivity index (χ0v) is 10.8. The molecule has 0 radical (unpaired) electrons. The monoisotopic (exact) mass is 256 g/mol. The van der Waals surface area contributed by atoms with Crippen LogP contribution in [0.4, 0.5) is 0 Å². The number of fused-ring (bicyclic) bond motifs is 1. The van der Waals surface area contributed by atoms with Crippen LogP contribution in [0.2, 0.25) is 0 Å². The molecule has 3 rings (SSSR count). The SMILES string of the molecule is CC1CCc2c(C(=O)O)nc(-c3ccccc3)n2C1. The summed E-state index contributed by atoms with van der Waals surface area (Å²) < 4.78 is 2.08. The summed E-state index contributed by atoms with van der Waals surface area (Å²) >= 11 is 0. The maximum atomic E-state index is 11.3. The van der Waals surface area contributed by atoms with E-state index in [0.717, 1.165) is 36.5 Å². The molecule has 1 aromatic heterocycles. The van der Waals surface area contributed by atoms with Crippen molar-refractivity contribution >= 4 is 5.97 Å². The highest BCUT2D eigenvalue weighted by Crippen LogP contribution is 2.29. The molecule has 1 aliphatic heterocycles. The van der Waals surface area contributed by atoms with E-state index in [2.05, 4.69) is 16.5 Å². The van der Waals surface area contributed by atoms with E-state index in [1.54, 1.807) is 0 Å². The van der Waals surface area contributed by atoms with Crippen LogP contribution in [-0.2, 0) is 13.0 Å². The molecule has 0 spiro atoms. The van der Waals surface area contributed by atoms with Gasteiger partial charge in [0.1, 0.15) is 5.82 Å². The minimum Gasteiger partial charge on any atom is -0.476 e. The number of carboxylic acids is 1. The lowest BCUT2D eigenvalue weighted by Crippen LogP contribution is -2.19. The second kappa shape index (κ2) is 4.53. The van der Waals surface area contributed by atoms with Gasteiger partial charge in [-0.15, -0.1) is 0 Å². The van der Waals surface area contributed by atoms with Crippen LogP contribution in [0, 0.1) is 5.92 Å². The van der Waals surface area contributed by atoms with E-state index in [9.17, 15) is 9.90 Å². The van der Waals surface area contributed by atoms with Crippen molar-refractivity contribution in [3.8, 4) is 11.4 Å². The summed E-state index contributed by atoms with van der Waals surface area (Å²) in [6.07, 6.45) is 1.82. The van der Waals surface area contributed by atoms with Crippen LogP contribution in [0.3, 0.4) is 0 Å². The Morgan fingerprint density at radius 2 is 2.11 bits per heavy atom. The molecule has 19 heavy (non-hydrogen) atoms. The molecule has 1 atom stereocenters. The van der Waals surface area contributed by atoms with E-state index >= 15 is 0 Å². The number of carboxylic acid groups (broad SMARTS) is 1. The second-order valence-electron chi connectivity index (χ2n) is 5.16. The van der Waals surface area contributed by atoms with E-state index in [0.29, 0.717) is 5.92 Å². The molecule has 2 heterocycles. The number of benzene rings is 1. The molecular weight excluding hydrogens is 240 g/mol. The lowest BCUT2D eigenvalue weighted by atomic mass is 9.99. The molecule has 1 N–H and O–H groups in total. The average Bonchev–Trinajstić information content (AvgIpc) is 2.78. The summed E-state index contributed by atoms with van der Waals surface area (Å²) in [5, 5.41) is 9.29. The number of carbonyl (C=O) groups is 1. The van der Waals surface area contributed by atoms with E-state index in [1.165, 1.54) is 0 Å². The fraction of sp³-hybridized carbons (Fsp3) is 0.333. The van der Waals surface area contributed by atoms with Crippen molar-refractivity contribution < 1.29 is 9.90 Å². The number of rotatable bonds is 2. The van der Waals surface area contributed by atoms with Crippen LogP contribution in [0.1, 0.15) is 29.5 Å². The summed E-state index contributed by atoms with van der Waals surface area (Å²) in [6, 6.07) is 9.79. The molecule has 0 saturated carbocycles. The minimum atomic E-state index is -0.930. The van der Waals surface area contributed by atoms with E-state index in [-0.39, 0.29) is 5.69 Å². The third-order valence-electron chi connectivity index (χ3n) is 3.68. The van der Waals surface area contributed by atoms with Crippen molar-refractivity contribution in [3.05, 3.63) is 41.7 Å². The van der Waals surface area contributed by atoms with Crippen molar-refractivity contribution in [1.82, 2.24) is 9.55 Å². The number of imidazole rings is 1. The average molecular weight is 256 g/mol. The van der Waals surface area contributed by atoms with Crippen molar-refractivity contribution in [3.63, 3.8) is 0 Å².